The van der Waals surface area contributed by atoms with E-state index in [9.17, 15) is 0 Å². The molecule has 0 fully saturated rings. The number of ether oxygens (including phenoxy) is 1. The molecule has 0 aliphatic heterocycles. The molecule has 1 atom stereocenters. The Kier molecular flexibility index (Phi) is 3.49. The fourth-order valence-electron chi connectivity index (χ4n) is 1.30. The number of nitrogens with two attached hydrogens (primary N) is 1. The average Bonchev–Trinajstić information content (AvgIpc) is 2.81. The van der Waals surface area contributed by atoms with Crippen molar-refractivity contribution in [2.75, 3.05) is 6.61 Å². The van der Waals surface area contributed by atoms with Gasteiger partial charge in [-0.1, -0.05) is 11.6 Å². The van der Waals surface area contributed by atoms with Crippen LogP contribution >= 0.6 is 11.6 Å². The molecule has 1 aromatic carbocycles. The molecule has 4 heteroatoms. The van der Waals surface area contributed by atoms with Crippen LogP contribution in [0.15, 0.2) is 47.3 Å². The molecular weight excluding hydrogens is 226 g/mol. The SMILES string of the molecule is NC(COc1ccc(Cl)cc1)c1ccoc1. The van der Waals surface area contributed by atoms with Crippen molar-refractivity contribution in [2.45, 2.75) is 6.04 Å². The van der Waals surface area contributed by atoms with E-state index in [2.05, 4.69) is 0 Å². The first kappa shape index (κ1) is 11.0. The third kappa shape index (κ3) is 2.78. The molecule has 1 aromatic heterocycles. The predicted molar refractivity (Wildman–Crippen MR) is 62.6 cm³/mol. The number of benzene rings is 1. The summed E-state index contributed by atoms with van der Waals surface area (Å²) < 4.78 is 10.5. The van der Waals surface area contributed by atoms with Crippen LogP contribution in [0.25, 0.3) is 0 Å². The van der Waals surface area contributed by atoms with Gasteiger partial charge in [0.1, 0.15) is 12.4 Å². The highest BCUT2D eigenvalue weighted by Crippen LogP contribution is 2.17. The molecule has 0 spiro atoms. The lowest BCUT2D eigenvalue weighted by Crippen LogP contribution is -2.18. The Morgan fingerprint density at radius 1 is 1.25 bits per heavy atom. The number of furan rings is 1. The lowest BCUT2D eigenvalue weighted by Gasteiger charge is -2.11. The van der Waals surface area contributed by atoms with Crippen LogP contribution in [0.5, 0.6) is 5.75 Å². The first-order valence-corrected chi connectivity index (χ1v) is 5.29. The predicted octanol–water partition coefficient (Wildman–Crippen LogP) is 3.01. The summed E-state index contributed by atoms with van der Waals surface area (Å²) in [7, 11) is 0. The van der Waals surface area contributed by atoms with Gasteiger partial charge in [-0.25, -0.2) is 0 Å². The zero-order valence-electron chi connectivity index (χ0n) is 8.60. The van der Waals surface area contributed by atoms with E-state index >= 15 is 0 Å². The Bertz CT molecular complexity index is 425. The molecule has 1 heterocycles. The molecule has 3 nitrogen and oxygen atoms in total. The van der Waals surface area contributed by atoms with Crippen LogP contribution in [-0.2, 0) is 0 Å². The molecule has 0 radical (unpaired) electrons. The van der Waals surface area contributed by atoms with Gasteiger partial charge in [0, 0.05) is 10.6 Å². The van der Waals surface area contributed by atoms with Crippen LogP contribution in [0.3, 0.4) is 0 Å². The maximum Gasteiger partial charge on any atom is 0.119 e. The number of hydrogen-bond acceptors (Lipinski definition) is 3. The van der Waals surface area contributed by atoms with Crippen LogP contribution in [-0.4, -0.2) is 6.61 Å². The maximum absolute atomic E-state index is 5.91. The van der Waals surface area contributed by atoms with Gasteiger partial charge in [0.25, 0.3) is 0 Å². The normalized spacial score (nSPS) is 12.4. The van der Waals surface area contributed by atoms with Crippen LogP contribution in [0, 0.1) is 0 Å². The summed E-state index contributed by atoms with van der Waals surface area (Å²) in [5, 5.41) is 0.687. The third-order valence-corrected chi connectivity index (χ3v) is 2.47. The molecule has 16 heavy (non-hydrogen) atoms. The fourth-order valence-corrected chi connectivity index (χ4v) is 1.43. The van der Waals surface area contributed by atoms with Crippen LogP contribution in [0.4, 0.5) is 0 Å². The van der Waals surface area contributed by atoms with Crippen LogP contribution in [0.2, 0.25) is 5.02 Å². The lowest BCUT2D eigenvalue weighted by atomic mass is 10.2. The summed E-state index contributed by atoms with van der Waals surface area (Å²) in [6, 6.07) is 8.82. The highest BCUT2D eigenvalue weighted by atomic mass is 35.5. The van der Waals surface area contributed by atoms with E-state index in [1.807, 2.05) is 18.2 Å². The first-order valence-electron chi connectivity index (χ1n) is 4.92. The highest BCUT2D eigenvalue weighted by Gasteiger charge is 2.07. The molecule has 0 aliphatic rings. The van der Waals surface area contributed by atoms with Crippen molar-refractivity contribution in [1.82, 2.24) is 0 Å². The van der Waals surface area contributed by atoms with Gasteiger partial charge in [0.05, 0.1) is 18.6 Å². The Hall–Kier alpha value is -1.45. The Balaban J connectivity index is 1.90. The van der Waals surface area contributed by atoms with Gasteiger partial charge in [-0.05, 0) is 30.3 Å². The molecule has 0 bridgehead atoms. The van der Waals surface area contributed by atoms with E-state index in [4.69, 9.17) is 26.5 Å². The summed E-state index contributed by atoms with van der Waals surface area (Å²) in [6.07, 6.45) is 3.22. The molecule has 0 aliphatic carbocycles. The van der Waals surface area contributed by atoms with Gasteiger partial charge >= 0.3 is 0 Å². The molecule has 1 unspecified atom stereocenters. The van der Waals surface area contributed by atoms with Gasteiger partial charge in [0.2, 0.25) is 0 Å². The topological polar surface area (TPSA) is 48.4 Å². The summed E-state index contributed by atoms with van der Waals surface area (Å²) in [5.41, 5.74) is 6.83. The van der Waals surface area contributed by atoms with Crippen LogP contribution < -0.4 is 10.5 Å². The largest absolute Gasteiger partial charge is 0.492 e. The average molecular weight is 238 g/mol. The molecule has 0 saturated heterocycles. The molecule has 2 N–H and O–H groups in total. The van der Waals surface area contributed by atoms with Crippen molar-refractivity contribution in [3.8, 4) is 5.75 Å². The Labute approximate surface area is 98.8 Å². The highest BCUT2D eigenvalue weighted by molar-refractivity contribution is 6.30. The van der Waals surface area contributed by atoms with Gasteiger partial charge in [0.15, 0.2) is 0 Å². The van der Waals surface area contributed by atoms with E-state index < -0.39 is 0 Å². The van der Waals surface area contributed by atoms with E-state index in [1.54, 1.807) is 24.7 Å². The van der Waals surface area contributed by atoms with Gasteiger partial charge in [-0.2, -0.15) is 0 Å². The van der Waals surface area contributed by atoms with Crippen molar-refractivity contribution in [3.63, 3.8) is 0 Å². The van der Waals surface area contributed by atoms with Gasteiger partial charge in [-0.15, -0.1) is 0 Å². The Morgan fingerprint density at radius 3 is 2.62 bits per heavy atom. The summed E-state index contributed by atoms with van der Waals surface area (Å²) in [5.74, 6) is 0.753. The van der Waals surface area contributed by atoms with Crippen LogP contribution in [0.1, 0.15) is 11.6 Å². The lowest BCUT2D eigenvalue weighted by molar-refractivity contribution is 0.290. The monoisotopic (exact) mass is 237 g/mol. The second kappa shape index (κ2) is 5.05. The summed E-state index contributed by atoms with van der Waals surface area (Å²) >= 11 is 5.76. The van der Waals surface area contributed by atoms with E-state index in [0.717, 1.165) is 11.3 Å². The third-order valence-electron chi connectivity index (χ3n) is 2.21. The smallest absolute Gasteiger partial charge is 0.119 e. The van der Waals surface area contributed by atoms with Crippen molar-refractivity contribution in [1.29, 1.82) is 0 Å². The zero-order valence-corrected chi connectivity index (χ0v) is 9.35. The second-order valence-corrected chi connectivity index (χ2v) is 3.86. The van der Waals surface area contributed by atoms with Crippen molar-refractivity contribution in [3.05, 3.63) is 53.4 Å². The zero-order chi connectivity index (χ0) is 11.4. The number of rotatable bonds is 4. The molecule has 0 amide bonds. The molecular formula is C12H12ClNO2. The maximum atomic E-state index is 5.91. The van der Waals surface area contributed by atoms with Crippen molar-refractivity contribution < 1.29 is 9.15 Å². The minimum Gasteiger partial charge on any atom is -0.492 e. The number of halogens is 1. The fraction of sp³-hybridized carbons (Fsp3) is 0.167. The van der Waals surface area contributed by atoms with Crippen molar-refractivity contribution in [2.24, 2.45) is 5.73 Å². The molecule has 84 valence electrons. The van der Waals surface area contributed by atoms with Crippen molar-refractivity contribution >= 4 is 11.6 Å². The molecule has 2 rings (SSSR count). The van der Waals surface area contributed by atoms with E-state index in [0.29, 0.717) is 11.6 Å². The summed E-state index contributed by atoms with van der Waals surface area (Å²) in [6.45, 7) is 0.404. The first-order chi connectivity index (χ1) is 7.75. The second-order valence-electron chi connectivity index (χ2n) is 3.43. The van der Waals surface area contributed by atoms with E-state index in [-0.39, 0.29) is 6.04 Å². The van der Waals surface area contributed by atoms with E-state index in [1.165, 1.54) is 0 Å². The minimum absolute atomic E-state index is 0.186. The molecule has 0 saturated carbocycles. The molecule has 2 aromatic rings. The van der Waals surface area contributed by atoms with Gasteiger partial charge < -0.3 is 14.9 Å². The van der Waals surface area contributed by atoms with Gasteiger partial charge in [-0.3, -0.25) is 0 Å². The summed E-state index contributed by atoms with van der Waals surface area (Å²) in [4.78, 5) is 0. The Morgan fingerprint density at radius 2 is 2.00 bits per heavy atom. The number of hydrogen-bond donors (Lipinski definition) is 1. The standard InChI is InChI=1S/C12H12ClNO2/c13-10-1-3-11(4-2-10)16-8-12(14)9-5-6-15-7-9/h1-7,12H,8,14H2. The quantitative estimate of drug-likeness (QED) is 0.889. The minimum atomic E-state index is -0.186.